The van der Waals surface area contributed by atoms with Gasteiger partial charge in [0.15, 0.2) is 0 Å². The Hall–Kier alpha value is -3.52. The zero-order chi connectivity index (χ0) is 20.1. The van der Waals surface area contributed by atoms with Crippen molar-refractivity contribution in [2.75, 3.05) is 17.7 Å². The van der Waals surface area contributed by atoms with Crippen molar-refractivity contribution in [2.24, 2.45) is 0 Å². The minimum atomic E-state index is -2.01. The number of methoxy groups -OCH3 is 1. The Balaban J connectivity index is 1.92. The summed E-state index contributed by atoms with van der Waals surface area (Å²) in [5.41, 5.74) is -1.53. The number of carbonyl (C=O) groups is 3. The van der Waals surface area contributed by atoms with Gasteiger partial charge in [-0.05, 0) is 42.5 Å². The fraction of sp³-hybridized carbons (Fsp3) is 0.105. The number of benzene rings is 2. The molecule has 0 bridgehead atoms. The third-order valence-corrected chi connectivity index (χ3v) is 4.74. The van der Waals surface area contributed by atoms with E-state index >= 15 is 0 Å². The molecule has 0 radical (unpaired) electrons. The summed E-state index contributed by atoms with van der Waals surface area (Å²) in [5, 5.41) is 15.1. The van der Waals surface area contributed by atoms with Crippen molar-refractivity contribution < 1.29 is 29.0 Å². The molecule has 3 N–H and O–H groups in total. The number of halogens is 1. The van der Waals surface area contributed by atoms with E-state index in [9.17, 15) is 19.5 Å². The molecule has 4 rings (SSSR count). The van der Waals surface area contributed by atoms with Crippen LogP contribution >= 0.6 is 11.6 Å². The van der Waals surface area contributed by atoms with E-state index in [2.05, 4.69) is 10.6 Å². The quantitative estimate of drug-likeness (QED) is 0.535. The Morgan fingerprint density at radius 3 is 2.61 bits per heavy atom. The van der Waals surface area contributed by atoms with Crippen LogP contribution in [0.4, 0.5) is 11.4 Å². The average molecular weight is 401 g/mol. The SMILES string of the molecule is COC(=O)C1=C(Nc2ccc(O)cc2)C(=O)OC12C(=O)Nc1ccc(Cl)cc12. The van der Waals surface area contributed by atoms with E-state index in [1.165, 1.54) is 30.3 Å². The summed E-state index contributed by atoms with van der Waals surface area (Å²) in [7, 11) is 1.13. The number of carbonyl (C=O) groups excluding carboxylic acids is 3. The number of nitrogens with one attached hydrogen (secondary N) is 2. The van der Waals surface area contributed by atoms with Crippen molar-refractivity contribution in [1.29, 1.82) is 0 Å². The molecular weight excluding hydrogens is 388 g/mol. The minimum absolute atomic E-state index is 0.0249. The van der Waals surface area contributed by atoms with Crippen LogP contribution in [0.5, 0.6) is 5.75 Å². The van der Waals surface area contributed by atoms with Crippen LogP contribution < -0.4 is 10.6 Å². The van der Waals surface area contributed by atoms with Crippen LogP contribution in [-0.4, -0.2) is 30.1 Å². The highest BCUT2D eigenvalue weighted by atomic mass is 35.5. The van der Waals surface area contributed by atoms with Gasteiger partial charge in [0.05, 0.1) is 7.11 Å². The topological polar surface area (TPSA) is 114 Å². The first-order valence-corrected chi connectivity index (χ1v) is 8.48. The van der Waals surface area contributed by atoms with E-state index in [0.717, 1.165) is 7.11 Å². The van der Waals surface area contributed by atoms with E-state index in [-0.39, 0.29) is 22.6 Å². The van der Waals surface area contributed by atoms with Gasteiger partial charge in [-0.3, -0.25) is 4.79 Å². The number of aromatic hydroxyl groups is 1. The molecule has 1 atom stereocenters. The van der Waals surface area contributed by atoms with Crippen LogP contribution in [0.3, 0.4) is 0 Å². The van der Waals surface area contributed by atoms with Crippen molar-refractivity contribution in [1.82, 2.24) is 0 Å². The minimum Gasteiger partial charge on any atom is -0.508 e. The zero-order valence-electron chi connectivity index (χ0n) is 14.4. The van der Waals surface area contributed by atoms with E-state index < -0.39 is 23.4 Å². The summed E-state index contributed by atoms with van der Waals surface area (Å²) in [6.07, 6.45) is 0. The van der Waals surface area contributed by atoms with Crippen LogP contribution in [0, 0.1) is 0 Å². The molecule has 2 aromatic rings. The maximum Gasteiger partial charge on any atom is 0.357 e. The van der Waals surface area contributed by atoms with Gasteiger partial charge >= 0.3 is 11.9 Å². The van der Waals surface area contributed by atoms with Gasteiger partial charge < -0.3 is 25.2 Å². The smallest absolute Gasteiger partial charge is 0.357 e. The first-order valence-electron chi connectivity index (χ1n) is 8.10. The average Bonchev–Trinajstić information content (AvgIpc) is 3.11. The molecule has 0 aliphatic carbocycles. The third-order valence-electron chi connectivity index (χ3n) is 4.51. The first-order chi connectivity index (χ1) is 13.4. The lowest BCUT2D eigenvalue weighted by molar-refractivity contribution is -0.156. The monoisotopic (exact) mass is 400 g/mol. The van der Waals surface area contributed by atoms with E-state index in [1.807, 2.05) is 0 Å². The molecule has 9 heteroatoms. The normalized spacial score (nSPS) is 20.1. The number of ether oxygens (including phenoxy) is 2. The predicted octanol–water partition coefficient (Wildman–Crippen LogP) is 2.29. The molecule has 2 aliphatic rings. The number of rotatable bonds is 3. The third kappa shape index (κ3) is 2.49. The highest BCUT2D eigenvalue weighted by molar-refractivity contribution is 6.31. The molecule has 2 aromatic carbocycles. The standard InChI is InChI=1S/C19H13ClN2O6/c1-27-16(24)14-15(21-10-3-5-11(23)6-4-10)17(25)28-19(14)12-8-9(20)2-7-13(12)22-18(19)26/h2-8,21,23H,1H3,(H,22,26). The number of amides is 1. The van der Waals surface area contributed by atoms with Gasteiger partial charge in [-0.15, -0.1) is 0 Å². The van der Waals surface area contributed by atoms with Crippen molar-refractivity contribution in [3.05, 3.63) is 64.3 Å². The molecule has 28 heavy (non-hydrogen) atoms. The number of fused-ring (bicyclic) bond motifs is 2. The van der Waals surface area contributed by atoms with Gasteiger partial charge in [0.2, 0.25) is 0 Å². The molecule has 0 saturated carbocycles. The van der Waals surface area contributed by atoms with E-state index in [4.69, 9.17) is 21.1 Å². The molecule has 0 aromatic heterocycles. The molecule has 0 fully saturated rings. The van der Waals surface area contributed by atoms with Gasteiger partial charge in [0.1, 0.15) is 17.0 Å². The second-order valence-corrected chi connectivity index (χ2v) is 6.56. The highest BCUT2D eigenvalue weighted by Crippen LogP contribution is 2.50. The lowest BCUT2D eigenvalue weighted by Gasteiger charge is -2.22. The Morgan fingerprint density at radius 1 is 1.21 bits per heavy atom. The lowest BCUT2D eigenvalue weighted by Crippen LogP contribution is -2.39. The van der Waals surface area contributed by atoms with Gasteiger partial charge in [0, 0.05) is 22.0 Å². The maximum atomic E-state index is 12.9. The van der Waals surface area contributed by atoms with Crippen molar-refractivity contribution in [3.63, 3.8) is 0 Å². The van der Waals surface area contributed by atoms with E-state index in [0.29, 0.717) is 16.4 Å². The Morgan fingerprint density at radius 2 is 1.93 bits per heavy atom. The van der Waals surface area contributed by atoms with Gasteiger partial charge in [0.25, 0.3) is 11.5 Å². The first kappa shape index (κ1) is 17.9. The Bertz CT molecular complexity index is 1060. The molecular formula is C19H13ClN2O6. The van der Waals surface area contributed by atoms with Crippen LogP contribution in [0.25, 0.3) is 0 Å². The molecule has 1 unspecified atom stereocenters. The predicted molar refractivity (Wildman–Crippen MR) is 98.6 cm³/mol. The van der Waals surface area contributed by atoms with Crippen LogP contribution in [-0.2, 0) is 29.5 Å². The second kappa shape index (κ2) is 6.28. The van der Waals surface area contributed by atoms with Crippen LogP contribution in [0.2, 0.25) is 5.02 Å². The molecule has 1 amide bonds. The summed E-state index contributed by atoms with van der Waals surface area (Å²) in [6.45, 7) is 0. The number of phenolic OH excluding ortho intramolecular Hbond substituents is 1. The molecule has 2 heterocycles. The number of hydrogen-bond donors (Lipinski definition) is 3. The fourth-order valence-corrected chi connectivity index (χ4v) is 3.44. The number of esters is 2. The fourth-order valence-electron chi connectivity index (χ4n) is 3.27. The summed E-state index contributed by atoms with van der Waals surface area (Å²) in [4.78, 5) is 38.1. The Labute approximate surface area is 163 Å². The van der Waals surface area contributed by atoms with Crippen molar-refractivity contribution in [3.8, 4) is 5.75 Å². The van der Waals surface area contributed by atoms with Crippen LogP contribution in [0.15, 0.2) is 53.7 Å². The van der Waals surface area contributed by atoms with Crippen molar-refractivity contribution in [2.45, 2.75) is 5.60 Å². The molecule has 2 aliphatic heterocycles. The molecule has 142 valence electrons. The van der Waals surface area contributed by atoms with Gasteiger partial charge in [-0.2, -0.15) is 0 Å². The number of phenols is 1. The number of anilines is 2. The molecule has 0 saturated heterocycles. The van der Waals surface area contributed by atoms with Gasteiger partial charge in [-0.1, -0.05) is 11.6 Å². The summed E-state index contributed by atoms with van der Waals surface area (Å²) in [5.74, 6) is -2.50. The summed E-state index contributed by atoms with van der Waals surface area (Å²) >= 11 is 6.06. The van der Waals surface area contributed by atoms with Crippen LogP contribution in [0.1, 0.15) is 5.56 Å². The second-order valence-electron chi connectivity index (χ2n) is 6.13. The Kier molecular flexibility index (Phi) is 4.01. The van der Waals surface area contributed by atoms with Crippen molar-refractivity contribution >= 4 is 40.8 Å². The largest absolute Gasteiger partial charge is 0.508 e. The summed E-state index contributed by atoms with van der Waals surface area (Å²) in [6, 6.07) is 10.4. The molecule has 1 spiro atoms. The zero-order valence-corrected chi connectivity index (χ0v) is 15.2. The molecule has 8 nitrogen and oxygen atoms in total. The summed E-state index contributed by atoms with van der Waals surface area (Å²) < 4.78 is 10.3. The maximum absolute atomic E-state index is 12.9. The van der Waals surface area contributed by atoms with E-state index in [1.54, 1.807) is 12.1 Å². The highest BCUT2D eigenvalue weighted by Gasteiger charge is 2.62. The number of hydrogen-bond acceptors (Lipinski definition) is 7. The van der Waals surface area contributed by atoms with Gasteiger partial charge in [-0.25, -0.2) is 9.59 Å². The lowest BCUT2D eigenvalue weighted by atomic mass is 9.87.